The molecule has 0 bridgehead atoms. The molecule has 2 aromatic carbocycles. The molecule has 5 nitrogen and oxygen atoms in total. The maximum Gasteiger partial charge on any atom is 0.242 e. The van der Waals surface area contributed by atoms with Crippen LogP contribution in [0.25, 0.3) is 0 Å². The Labute approximate surface area is 156 Å². The molecule has 6 heteroatoms. The van der Waals surface area contributed by atoms with Crippen molar-refractivity contribution in [1.82, 2.24) is 4.31 Å². The molecular weight excluding hydrogens is 348 g/mol. The first-order valence-corrected chi connectivity index (χ1v) is 10.0. The largest absolute Gasteiger partial charge is 0.326 e. The Balaban J connectivity index is 1.97. The summed E-state index contributed by atoms with van der Waals surface area (Å²) in [5.74, 6) is 0.466. The summed E-state index contributed by atoms with van der Waals surface area (Å²) in [5.41, 5.74) is 2.78. The maximum atomic E-state index is 12.2. The van der Waals surface area contributed by atoms with E-state index in [9.17, 15) is 13.2 Å². The highest BCUT2D eigenvalue weighted by Gasteiger charge is 2.16. The third kappa shape index (κ3) is 5.41. The highest BCUT2D eigenvalue weighted by Crippen LogP contribution is 2.17. The van der Waals surface area contributed by atoms with Gasteiger partial charge in [0.25, 0.3) is 0 Å². The van der Waals surface area contributed by atoms with E-state index < -0.39 is 10.0 Å². The Hall–Kier alpha value is -2.18. The van der Waals surface area contributed by atoms with Gasteiger partial charge in [0.1, 0.15) is 0 Å². The van der Waals surface area contributed by atoms with Gasteiger partial charge < -0.3 is 5.32 Å². The number of nitrogens with one attached hydrogen (secondary N) is 1. The smallest absolute Gasteiger partial charge is 0.242 e. The summed E-state index contributed by atoms with van der Waals surface area (Å²) in [6.07, 6.45) is 1.30. The zero-order chi connectivity index (χ0) is 19.3. The van der Waals surface area contributed by atoms with E-state index in [-0.39, 0.29) is 17.2 Å². The third-order valence-electron chi connectivity index (χ3n) is 3.95. The number of amides is 1. The zero-order valence-electron chi connectivity index (χ0n) is 15.7. The van der Waals surface area contributed by atoms with Gasteiger partial charge in [-0.05, 0) is 47.7 Å². The van der Waals surface area contributed by atoms with Crippen molar-refractivity contribution in [2.45, 2.75) is 31.6 Å². The number of hydrogen-bond acceptors (Lipinski definition) is 3. The molecule has 1 N–H and O–H groups in total. The summed E-state index contributed by atoms with van der Waals surface area (Å²) in [6.45, 7) is 4.35. The molecule has 0 aliphatic carbocycles. The number of rotatable bonds is 7. The summed E-state index contributed by atoms with van der Waals surface area (Å²) < 4.78 is 25.2. The second kappa shape index (κ2) is 8.47. The van der Waals surface area contributed by atoms with Gasteiger partial charge in [-0.3, -0.25) is 4.79 Å². The first kappa shape index (κ1) is 20.1. The van der Waals surface area contributed by atoms with Crippen LogP contribution < -0.4 is 5.32 Å². The van der Waals surface area contributed by atoms with Crippen LogP contribution in [0.1, 0.15) is 25.0 Å². The molecule has 2 rings (SSSR count). The van der Waals surface area contributed by atoms with Gasteiger partial charge in [0.15, 0.2) is 0 Å². The van der Waals surface area contributed by atoms with E-state index in [1.165, 1.54) is 31.8 Å². The van der Waals surface area contributed by atoms with E-state index >= 15 is 0 Å². The molecule has 0 aliphatic rings. The van der Waals surface area contributed by atoms with Crippen LogP contribution in [0.5, 0.6) is 0 Å². The minimum absolute atomic E-state index is 0.134. The number of anilines is 1. The summed E-state index contributed by atoms with van der Waals surface area (Å²) in [5, 5.41) is 2.80. The quantitative estimate of drug-likeness (QED) is 0.808. The van der Waals surface area contributed by atoms with Gasteiger partial charge in [-0.25, -0.2) is 12.7 Å². The second-order valence-corrected chi connectivity index (χ2v) is 9.10. The molecule has 0 unspecified atom stereocenters. The van der Waals surface area contributed by atoms with Crippen LogP contribution >= 0.6 is 0 Å². The molecule has 0 aromatic heterocycles. The lowest BCUT2D eigenvalue weighted by molar-refractivity contribution is -0.115. The molecule has 1 amide bonds. The van der Waals surface area contributed by atoms with Crippen LogP contribution in [0.2, 0.25) is 0 Å². The Kier molecular flexibility index (Phi) is 6.56. The van der Waals surface area contributed by atoms with Gasteiger partial charge in [-0.2, -0.15) is 0 Å². The number of nitrogens with zero attached hydrogens (tertiary/aromatic N) is 1. The standard InChI is InChI=1S/C20H26N2O3S/c1-15(2)13-16-5-7-17(8-6-16)14-20(23)21-18-9-11-19(12-10-18)26(24,25)22(3)4/h5-12,15H,13-14H2,1-4H3,(H,21,23). The Bertz CT molecular complexity index is 840. The van der Waals surface area contributed by atoms with Crippen molar-refractivity contribution in [2.24, 2.45) is 5.92 Å². The van der Waals surface area contributed by atoms with E-state index in [1.807, 2.05) is 12.1 Å². The molecule has 26 heavy (non-hydrogen) atoms. The SMILES string of the molecule is CC(C)Cc1ccc(CC(=O)Nc2ccc(S(=O)(=O)N(C)C)cc2)cc1. The average molecular weight is 375 g/mol. The average Bonchev–Trinajstić information content (AvgIpc) is 2.56. The van der Waals surface area contributed by atoms with Crippen molar-refractivity contribution in [3.8, 4) is 0 Å². The first-order valence-electron chi connectivity index (χ1n) is 8.58. The van der Waals surface area contributed by atoms with Crippen molar-refractivity contribution in [3.63, 3.8) is 0 Å². The van der Waals surface area contributed by atoms with Crippen molar-refractivity contribution in [1.29, 1.82) is 0 Å². The van der Waals surface area contributed by atoms with Crippen molar-refractivity contribution in [2.75, 3.05) is 19.4 Å². The Morgan fingerprint density at radius 1 is 0.962 bits per heavy atom. The third-order valence-corrected chi connectivity index (χ3v) is 5.78. The Morgan fingerprint density at radius 2 is 1.50 bits per heavy atom. The van der Waals surface area contributed by atoms with Gasteiger partial charge in [0, 0.05) is 19.8 Å². The molecule has 140 valence electrons. The van der Waals surface area contributed by atoms with Crippen molar-refractivity contribution < 1.29 is 13.2 Å². The molecule has 0 aliphatic heterocycles. The van der Waals surface area contributed by atoms with Crippen molar-refractivity contribution >= 4 is 21.6 Å². The number of carbonyl (C=O) groups excluding carboxylic acids is 1. The van der Waals surface area contributed by atoms with Gasteiger partial charge in [-0.15, -0.1) is 0 Å². The lowest BCUT2D eigenvalue weighted by Gasteiger charge is -2.12. The van der Waals surface area contributed by atoms with E-state index in [2.05, 4.69) is 31.3 Å². The fourth-order valence-corrected chi connectivity index (χ4v) is 3.48. The van der Waals surface area contributed by atoms with E-state index in [0.29, 0.717) is 11.6 Å². The fraction of sp³-hybridized carbons (Fsp3) is 0.350. The molecule has 0 saturated heterocycles. The topological polar surface area (TPSA) is 66.5 Å². The van der Waals surface area contributed by atoms with E-state index in [0.717, 1.165) is 16.3 Å². The molecule has 0 radical (unpaired) electrons. The lowest BCUT2D eigenvalue weighted by Crippen LogP contribution is -2.22. The van der Waals surface area contributed by atoms with Crippen LogP contribution in [-0.2, 0) is 27.7 Å². The van der Waals surface area contributed by atoms with Crippen LogP contribution in [0.3, 0.4) is 0 Å². The molecule has 2 aromatic rings. The summed E-state index contributed by atoms with van der Waals surface area (Å²) in [4.78, 5) is 12.4. The minimum Gasteiger partial charge on any atom is -0.326 e. The summed E-state index contributed by atoms with van der Waals surface area (Å²) in [6, 6.07) is 14.2. The maximum absolute atomic E-state index is 12.2. The molecule has 0 spiro atoms. The molecule has 0 fully saturated rings. The normalized spacial score (nSPS) is 11.8. The highest BCUT2D eigenvalue weighted by molar-refractivity contribution is 7.89. The highest BCUT2D eigenvalue weighted by atomic mass is 32.2. The van der Waals surface area contributed by atoms with E-state index in [1.54, 1.807) is 12.1 Å². The van der Waals surface area contributed by atoms with Gasteiger partial charge in [0.05, 0.1) is 11.3 Å². The second-order valence-electron chi connectivity index (χ2n) is 6.95. The zero-order valence-corrected chi connectivity index (χ0v) is 16.5. The van der Waals surface area contributed by atoms with Crippen LogP contribution in [0.4, 0.5) is 5.69 Å². The van der Waals surface area contributed by atoms with Gasteiger partial charge >= 0.3 is 0 Å². The monoisotopic (exact) mass is 374 g/mol. The summed E-state index contributed by atoms with van der Waals surface area (Å²) >= 11 is 0. The lowest BCUT2D eigenvalue weighted by atomic mass is 10.0. The first-order chi connectivity index (χ1) is 12.2. The van der Waals surface area contributed by atoms with Gasteiger partial charge in [0.2, 0.25) is 15.9 Å². The molecule has 0 atom stereocenters. The fourth-order valence-electron chi connectivity index (χ4n) is 2.58. The van der Waals surface area contributed by atoms with E-state index in [4.69, 9.17) is 0 Å². The minimum atomic E-state index is -3.46. The van der Waals surface area contributed by atoms with Crippen LogP contribution in [0, 0.1) is 5.92 Å². The number of carbonyl (C=O) groups is 1. The Morgan fingerprint density at radius 3 is 2.00 bits per heavy atom. The van der Waals surface area contributed by atoms with Crippen molar-refractivity contribution in [3.05, 3.63) is 59.7 Å². The predicted molar refractivity (Wildman–Crippen MR) is 105 cm³/mol. The van der Waals surface area contributed by atoms with Crippen LogP contribution in [0.15, 0.2) is 53.4 Å². The number of benzene rings is 2. The number of sulfonamides is 1. The summed E-state index contributed by atoms with van der Waals surface area (Å²) in [7, 11) is -0.496. The molecular formula is C20H26N2O3S. The molecule has 0 heterocycles. The van der Waals surface area contributed by atoms with Crippen LogP contribution in [-0.4, -0.2) is 32.7 Å². The predicted octanol–water partition coefficient (Wildman–Crippen LogP) is 3.32. The molecule has 0 saturated carbocycles. The number of hydrogen-bond donors (Lipinski definition) is 1. The van der Waals surface area contributed by atoms with Gasteiger partial charge in [-0.1, -0.05) is 38.1 Å².